The molecule has 0 radical (unpaired) electrons. The van der Waals surface area contributed by atoms with Gasteiger partial charge in [0.25, 0.3) is 5.91 Å². The van der Waals surface area contributed by atoms with Crippen LogP contribution in [-0.2, 0) is 11.3 Å². The molecule has 0 aromatic heterocycles. The predicted molar refractivity (Wildman–Crippen MR) is 123 cm³/mol. The number of fused-ring (bicyclic) bond motifs is 1. The van der Waals surface area contributed by atoms with Gasteiger partial charge in [-0.3, -0.25) is 9.59 Å². The normalized spacial score (nSPS) is 11.9. The van der Waals surface area contributed by atoms with Crippen LogP contribution in [-0.4, -0.2) is 25.0 Å². The Labute approximate surface area is 184 Å². The third-order valence-corrected chi connectivity index (χ3v) is 5.62. The summed E-state index contributed by atoms with van der Waals surface area (Å²) in [7, 11) is 1.64. The number of methoxy groups -OCH3 is 1. The molecule has 0 unspecified atom stereocenters. The van der Waals surface area contributed by atoms with Crippen molar-refractivity contribution < 1.29 is 14.3 Å². The number of hydrogen-bond donors (Lipinski definition) is 2. The highest BCUT2D eigenvalue weighted by Gasteiger charge is 2.25. The van der Waals surface area contributed by atoms with E-state index in [2.05, 4.69) is 26.6 Å². The topological polar surface area (TPSA) is 67.4 Å². The molecule has 0 aliphatic carbocycles. The Kier molecular flexibility index (Phi) is 7.11. The Morgan fingerprint density at radius 2 is 1.70 bits per heavy atom. The molecule has 0 spiro atoms. The highest BCUT2D eigenvalue weighted by molar-refractivity contribution is 9.10. The summed E-state index contributed by atoms with van der Waals surface area (Å²) in [6.45, 7) is 4.21. The zero-order valence-corrected chi connectivity index (χ0v) is 18.8. The Morgan fingerprint density at radius 1 is 1.00 bits per heavy atom. The third kappa shape index (κ3) is 5.19. The fourth-order valence-electron chi connectivity index (χ4n) is 3.21. The fourth-order valence-corrected chi connectivity index (χ4v) is 3.67. The van der Waals surface area contributed by atoms with Crippen molar-refractivity contribution in [3.63, 3.8) is 0 Å². The molecule has 156 valence electrons. The summed E-state index contributed by atoms with van der Waals surface area (Å²) in [5, 5.41) is 7.95. The van der Waals surface area contributed by atoms with Crippen LogP contribution in [0.25, 0.3) is 10.8 Å². The van der Waals surface area contributed by atoms with Gasteiger partial charge in [-0.15, -0.1) is 0 Å². The number of ether oxygens (including phenoxy) is 1. The molecule has 3 aromatic rings. The number of hydrogen-bond acceptors (Lipinski definition) is 3. The lowest BCUT2D eigenvalue weighted by Crippen LogP contribution is -2.49. The highest BCUT2D eigenvalue weighted by atomic mass is 79.9. The van der Waals surface area contributed by atoms with E-state index in [-0.39, 0.29) is 17.7 Å². The molecule has 2 amide bonds. The predicted octanol–water partition coefficient (Wildman–Crippen LogP) is 4.68. The van der Waals surface area contributed by atoms with Crippen LogP contribution in [0.15, 0.2) is 65.1 Å². The molecular formula is C24H25BrN2O3. The second kappa shape index (κ2) is 9.76. The van der Waals surface area contributed by atoms with Gasteiger partial charge in [0.15, 0.2) is 0 Å². The van der Waals surface area contributed by atoms with Crippen molar-refractivity contribution in [2.45, 2.75) is 26.4 Å². The standard InChI is InChI=1S/C24H25BrN2O3/c1-15(2)22(27-23(28)20-6-4-5-7-21(20)25)24(29)26-14-16-8-9-18-13-19(30-3)11-10-17(18)12-16/h4-13,15,22H,14H2,1-3H3,(H,26,29)(H,27,28)/t22-/m0/s1. The van der Waals surface area contributed by atoms with Crippen LogP contribution in [0, 0.1) is 5.92 Å². The van der Waals surface area contributed by atoms with Crippen LogP contribution in [0.4, 0.5) is 0 Å². The number of amides is 2. The largest absolute Gasteiger partial charge is 0.497 e. The highest BCUT2D eigenvalue weighted by Crippen LogP contribution is 2.22. The summed E-state index contributed by atoms with van der Waals surface area (Å²) < 4.78 is 5.95. The molecule has 5 nitrogen and oxygen atoms in total. The summed E-state index contributed by atoms with van der Waals surface area (Å²) in [5.74, 6) is 0.265. The van der Waals surface area contributed by atoms with E-state index in [9.17, 15) is 9.59 Å². The van der Waals surface area contributed by atoms with Crippen LogP contribution in [0.1, 0.15) is 29.8 Å². The summed E-state index contributed by atoms with van der Waals surface area (Å²) in [6.07, 6.45) is 0. The Bertz CT molecular complexity index is 1070. The average Bonchev–Trinajstić information content (AvgIpc) is 2.75. The molecular weight excluding hydrogens is 444 g/mol. The van der Waals surface area contributed by atoms with E-state index in [0.717, 1.165) is 22.1 Å². The number of benzene rings is 3. The van der Waals surface area contributed by atoms with Crippen molar-refractivity contribution in [2.24, 2.45) is 5.92 Å². The van der Waals surface area contributed by atoms with E-state index in [1.807, 2.05) is 56.3 Å². The van der Waals surface area contributed by atoms with Gasteiger partial charge in [0, 0.05) is 11.0 Å². The first-order valence-corrected chi connectivity index (χ1v) is 10.6. The minimum Gasteiger partial charge on any atom is -0.497 e. The van der Waals surface area contributed by atoms with Gasteiger partial charge in [0.1, 0.15) is 11.8 Å². The number of halogens is 1. The zero-order chi connectivity index (χ0) is 21.7. The van der Waals surface area contributed by atoms with E-state index in [1.165, 1.54) is 0 Å². The van der Waals surface area contributed by atoms with Crippen LogP contribution in [0.3, 0.4) is 0 Å². The molecule has 1 atom stereocenters. The number of nitrogens with one attached hydrogen (secondary N) is 2. The number of carbonyl (C=O) groups is 2. The van der Waals surface area contributed by atoms with Gasteiger partial charge in [0.2, 0.25) is 5.91 Å². The first-order valence-electron chi connectivity index (χ1n) is 9.79. The lowest BCUT2D eigenvalue weighted by atomic mass is 10.0. The summed E-state index contributed by atoms with van der Waals surface area (Å²) in [5.41, 5.74) is 1.49. The van der Waals surface area contributed by atoms with Gasteiger partial charge in [-0.05, 0) is 68.5 Å². The number of carbonyl (C=O) groups excluding carboxylic acids is 2. The minimum absolute atomic E-state index is 0.0551. The molecule has 3 aromatic carbocycles. The van der Waals surface area contributed by atoms with Crippen molar-refractivity contribution in [3.05, 3.63) is 76.3 Å². The van der Waals surface area contributed by atoms with Crippen LogP contribution in [0.5, 0.6) is 5.75 Å². The lowest BCUT2D eigenvalue weighted by Gasteiger charge is -2.22. The molecule has 6 heteroatoms. The molecule has 0 heterocycles. The van der Waals surface area contributed by atoms with E-state index < -0.39 is 6.04 Å². The van der Waals surface area contributed by atoms with E-state index in [0.29, 0.717) is 16.6 Å². The Balaban J connectivity index is 1.67. The molecule has 0 saturated carbocycles. The van der Waals surface area contributed by atoms with E-state index in [4.69, 9.17) is 4.74 Å². The molecule has 0 fully saturated rings. The molecule has 30 heavy (non-hydrogen) atoms. The van der Waals surface area contributed by atoms with Gasteiger partial charge in [0.05, 0.1) is 12.7 Å². The Hall–Kier alpha value is -2.86. The second-order valence-electron chi connectivity index (χ2n) is 7.44. The maximum absolute atomic E-state index is 12.8. The molecule has 3 rings (SSSR count). The SMILES string of the molecule is COc1ccc2cc(CNC(=O)[C@@H](NC(=O)c3ccccc3Br)C(C)C)ccc2c1. The van der Waals surface area contributed by atoms with Gasteiger partial charge < -0.3 is 15.4 Å². The van der Waals surface area contributed by atoms with Crippen molar-refractivity contribution >= 4 is 38.5 Å². The molecule has 0 saturated heterocycles. The van der Waals surface area contributed by atoms with Crippen LogP contribution in [0.2, 0.25) is 0 Å². The average molecular weight is 469 g/mol. The molecule has 0 aliphatic rings. The van der Waals surface area contributed by atoms with Gasteiger partial charge in [-0.2, -0.15) is 0 Å². The first kappa shape index (κ1) is 21.8. The van der Waals surface area contributed by atoms with Crippen molar-refractivity contribution in [2.75, 3.05) is 7.11 Å². The summed E-state index contributed by atoms with van der Waals surface area (Å²) >= 11 is 3.38. The quantitative estimate of drug-likeness (QED) is 0.528. The van der Waals surface area contributed by atoms with Crippen LogP contribution >= 0.6 is 15.9 Å². The smallest absolute Gasteiger partial charge is 0.253 e. The Morgan fingerprint density at radius 3 is 2.40 bits per heavy atom. The van der Waals surface area contributed by atoms with Crippen LogP contribution < -0.4 is 15.4 Å². The second-order valence-corrected chi connectivity index (χ2v) is 8.29. The van der Waals surface area contributed by atoms with E-state index in [1.54, 1.807) is 25.3 Å². The minimum atomic E-state index is -0.630. The maximum Gasteiger partial charge on any atom is 0.253 e. The third-order valence-electron chi connectivity index (χ3n) is 4.93. The van der Waals surface area contributed by atoms with Crippen molar-refractivity contribution in [3.8, 4) is 5.75 Å². The van der Waals surface area contributed by atoms with Gasteiger partial charge in [-0.1, -0.05) is 44.2 Å². The fraction of sp³-hybridized carbons (Fsp3) is 0.250. The van der Waals surface area contributed by atoms with E-state index >= 15 is 0 Å². The summed E-state index contributed by atoms with van der Waals surface area (Å²) in [4.78, 5) is 25.4. The monoisotopic (exact) mass is 468 g/mol. The molecule has 2 N–H and O–H groups in total. The zero-order valence-electron chi connectivity index (χ0n) is 17.2. The number of rotatable bonds is 7. The lowest BCUT2D eigenvalue weighted by molar-refractivity contribution is -0.124. The first-order chi connectivity index (χ1) is 14.4. The molecule has 0 aliphatic heterocycles. The maximum atomic E-state index is 12.8. The van der Waals surface area contributed by atoms with Crippen molar-refractivity contribution in [1.82, 2.24) is 10.6 Å². The summed E-state index contributed by atoms with van der Waals surface area (Å²) in [6, 6.07) is 18.4. The van der Waals surface area contributed by atoms with Gasteiger partial charge >= 0.3 is 0 Å². The van der Waals surface area contributed by atoms with Gasteiger partial charge in [-0.25, -0.2) is 0 Å². The molecule has 0 bridgehead atoms. The van der Waals surface area contributed by atoms with Crippen molar-refractivity contribution in [1.29, 1.82) is 0 Å².